The lowest BCUT2D eigenvalue weighted by Crippen LogP contribution is -2.28. The zero-order valence-corrected chi connectivity index (χ0v) is 12.0. The number of aromatic nitrogens is 1. The first-order chi connectivity index (χ1) is 10.6. The number of nitro groups is 1. The zero-order valence-electron chi connectivity index (χ0n) is 12.0. The largest absolute Gasteiger partial charge is 0.484 e. The molecular weight excluding hydrogens is 286 g/mol. The molecule has 22 heavy (non-hydrogen) atoms. The highest BCUT2D eigenvalue weighted by atomic mass is 16.6. The van der Waals surface area contributed by atoms with Crippen LogP contribution in [-0.2, 0) is 11.3 Å². The van der Waals surface area contributed by atoms with Gasteiger partial charge >= 0.3 is 0 Å². The Hall–Kier alpha value is -2.96. The second-order valence-electron chi connectivity index (χ2n) is 4.63. The van der Waals surface area contributed by atoms with Crippen LogP contribution in [0.1, 0.15) is 11.1 Å². The van der Waals surface area contributed by atoms with E-state index in [9.17, 15) is 14.9 Å². The van der Waals surface area contributed by atoms with E-state index in [4.69, 9.17) is 4.74 Å². The van der Waals surface area contributed by atoms with Gasteiger partial charge in [-0.3, -0.25) is 19.9 Å². The Bertz CT molecular complexity index is 674. The van der Waals surface area contributed by atoms with Gasteiger partial charge in [0.05, 0.1) is 4.92 Å². The highest BCUT2D eigenvalue weighted by Gasteiger charge is 2.11. The van der Waals surface area contributed by atoms with Crippen molar-refractivity contribution in [2.45, 2.75) is 13.5 Å². The summed E-state index contributed by atoms with van der Waals surface area (Å²) in [5.41, 5.74) is 1.45. The Balaban J connectivity index is 1.83. The molecule has 0 radical (unpaired) electrons. The maximum Gasteiger partial charge on any atom is 0.272 e. The van der Waals surface area contributed by atoms with Crippen molar-refractivity contribution < 1.29 is 14.5 Å². The molecule has 1 aromatic carbocycles. The van der Waals surface area contributed by atoms with Crippen molar-refractivity contribution in [2.75, 3.05) is 6.61 Å². The predicted octanol–water partition coefficient (Wildman–Crippen LogP) is 1.99. The van der Waals surface area contributed by atoms with Crippen LogP contribution in [0.5, 0.6) is 5.75 Å². The first-order valence-corrected chi connectivity index (χ1v) is 6.59. The minimum absolute atomic E-state index is 0.0227. The summed E-state index contributed by atoms with van der Waals surface area (Å²) in [7, 11) is 0. The Morgan fingerprint density at radius 2 is 2.05 bits per heavy atom. The van der Waals surface area contributed by atoms with Gasteiger partial charge in [0.1, 0.15) is 5.75 Å². The van der Waals surface area contributed by atoms with Crippen LogP contribution >= 0.6 is 0 Å². The third-order valence-corrected chi connectivity index (χ3v) is 2.97. The summed E-state index contributed by atoms with van der Waals surface area (Å²) in [5, 5.41) is 13.4. The molecule has 0 spiro atoms. The molecule has 1 N–H and O–H groups in total. The van der Waals surface area contributed by atoms with Gasteiger partial charge in [-0.1, -0.05) is 0 Å². The number of nitrogens with zero attached hydrogens (tertiary/aromatic N) is 2. The first kappa shape index (κ1) is 15.4. The molecule has 1 aromatic heterocycles. The number of aryl methyl sites for hydroxylation is 1. The minimum Gasteiger partial charge on any atom is -0.484 e. The van der Waals surface area contributed by atoms with Crippen LogP contribution in [-0.4, -0.2) is 22.4 Å². The van der Waals surface area contributed by atoms with Crippen molar-refractivity contribution in [3.63, 3.8) is 0 Å². The molecule has 0 saturated carbocycles. The highest BCUT2D eigenvalue weighted by molar-refractivity contribution is 5.77. The van der Waals surface area contributed by atoms with Crippen LogP contribution in [0.15, 0.2) is 42.7 Å². The predicted molar refractivity (Wildman–Crippen MR) is 79.4 cm³/mol. The number of hydrogen-bond acceptors (Lipinski definition) is 5. The Kier molecular flexibility index (Phi) is 5.02. The number of benzene rings is 1. The fraction of sp³-hybridized carbons (Fsp3) is 0.200. The second-order valence-corrected chi connectivity index (χ2v) is 4.63. The number of nitrogens with one attached hydrogen (secondary N) is 1. The molecule has 0 saturated heterocycles. The lowest BCUT2D eigenvalue weighted by Gasteiger charge is -2.08. The van der Waals surface area contributed by atoms with Crippen LogP contribution in [0.25, 0.3) is 0 Å². The van der Waals surface area contributed by atoms with Crippen LogP contribution in [0.3, 0.4) is 0 Å². The van der Waals surface area contributed by atoms with Gasteiger partial charge in [-0.25, -0.2) is 0 Å². The molecule has 7 heteroatoms. The number of amides is 1. The summed E-state index contributed by atoms with van der Waals surface area (Å²) in [6.45, 7) is 1.86. The fourth-order valence-electron chi connectivity index (χ4n) is 1.82. The van der Waals surface area contributed by atoms with E-state index >= 15 is 0 Å². The normalized spacial score (nSPS) is 10.0. The summed E-state index contributed by atoms with van der Waals surface area (Å²) in [4.78, 5) is 25.8. The van der Waals surface area contributed by atoms with Gasteiger partial charge < -0.3 is 10.1 Å². The lowest BCUT2D eigenvalue weighted by molar-refractivity contribution is -0.385. The van der Waals surface area contributed by atoms with Crippen molar-refractivity contribution in [3.8, 4) is 5.75 Å². The Morgan fingerprint density at radius 1 is 1.32 bits per heavy atom. The quantitative estimate of drug-likeness (QED) is 0.650. The third-order valence-electron chi connectivity index (χ3n) is 2.97. The van der Waals surface area contributed by atoms with Gasteiger partial charge in [-0.15, -0.1) is 0 Å². The molecule has 0 aliphatic carbocycles. The topological polar surface area (TPSA) is 94.4 Å². The van der Waals surface area contributed by atoms with E-state index in [-0.39, 0.29) is 18.2 Å². The number of carbonyl (C=O) groups is 1. The van der Waals surface area contributed by atoms with Gasteiger partial charge in [-0.05, 0) is 36.8 Å². The van der Waals surface area contributed by atoms with Crippen molar-refractivity contribution >= 4 is 11.6 Å². The summed E-state index contributed by atoms with van der Waals surface area (Å²) in [6.07, 6.45) is 3.30. The molecule has 0 aliphatic heterocycles. The molecule has 114 valence electrons. The molecule has 0 unspecified atom stereocenters. The number of ether oxygens (including phenoxy) is 1. The molecule has 1 heterocycles. The lowest BCUT2D eigenvalue weighted by atomic mass is 10.2. The Morgan fingerprint density at radius 3 is 2.68 bits per heavy atom. The summed E-state index contributed by atoms with van der Waals surface area (Å²) < 4.78 is 5.32. The van der Waals surface area contributed by atoms with Gasteiger partial charge in [0.2, 0.25) is 0 Å². The van der Waals surface area contributed by atoms with Crippen molar-refractivity contribution in [2.24, 2.45) is 0 Å². The SMILES string of the molecule is Cc1cc(OCC(=O)NCc2ccncc2)ccc1[N+](=O)[O-]. The van der Waals surface area contributed by atoms with Gasteiger partial charge in [0.25, 0.3) is 11.6 Å². The monoisotopic (exact) mass is 301 g/mol. The minimum atomic E-state index is -0.458. The molecule has 7 nitrogen and oxygen atoms in total. The number of rotatable bonds is 6. The Labute approximate surface area is 127 Å². The average molecular weight is 301 g/mol. The molecule has 0 aliphatic rings. The average Bonchev–Trinajstić information content (AvgIpc) is 2.51. The van der Waals surface area contributed by atoms with Crippen LogP contribution in [0.2, 0.25) is 0 Å². The first-order valence-electron chi connectivity index (χ1n) is 6.59. The highest BCUT2D eigenvalue weighted by Crippen LogP contribution is 2.22. The van der Waals surface area contributed by atoms with Crippen molar-refractivity contribution in [3.05, 3.63) is 64.0 Å². The van der Waals surface area contributed by atoms with Crippen LogP contribution < -0.4 is 10.1 Å². The van der Waals surface area contributed by atoms with E-state index in [1.54, 1.807) is 31.5 Å². The fourth-order valence-corrected chi connectivity index (χ4v) is 1.82. The summed E-state index contributed by atoms with van der Waals surface area (Å²) >= 11 is 0. The molecular formula is C15H15N3O4. The standard InChI is InChI=1S/C15H15N3O4/c1-11-8-13(2-3-14(11)18(20)21)22-10-15(19)17-9-12-4-6-16-7-5-12/h2-8H,9-10H2,1H3,(H,17,19). The molecule has 2 rings (SSSR count). The van der Waals surface area contributed by atoms with Gasteiger partial charge in [0, 0.05) is 30.6 Å². The van der Waals surface area contributed by atoms with Gasteiger partial charge in [-0.2, -0.15) is 0 Å². The van der Waals surface area contributed by atoms with Crippen molar-refractivity contribution in [1.82, 2.24) is 10.3 Å². The number of carbonyl (C=O) groups excluding carboxylic acids is 1. The van der Waals surface area contributed by atoms with Crippen LogP contribution in [0.4, 0.5) is 5.69 Å². The van der Waals surface area contributed by atoms with E-state index in [2.05, 4.69) is 10.3 Å². The number of hydrogen-bond donors (Lipinski definition) is 1. The van der Waals surface area contributed by atoms with E-state index in [0.29, 0.717) is 17.9 Å². The molecule has 1 amide bonds. The molecule has 0 fully saturated rings. The van der Waals surface area contributed by atoms with Crippen LogP contribution in [0, 0.1) is 17.0 Å². The number of pyridine rings is 1. The summed E-state index contributed by atoms with van der Waals surface area (Å²) in [5.74, 6) is 0.148. The molecule has 2 aromatic rings. The summed E-state index contributed by atoms with van der Waals surface area (Å²) in [6, 6.07) is 7.98. The van der Waals surface area contributed by atoms with Gasteiger partial charge in [0.15, 0.2) is 6.61 Å². The second kappa shape index (κ2) is 7.16. The van der Waals surface area contributed by atoms with E-state index in [1.807, 2.05) is 0 Å². The van der Waals surface area contributed by atoms with E-state index < -0.39 is 4.92 Å². The maximum absolute atomic E-state index is 11.7. The smallest absolute Gasteiger partial charge is 0.272 e. The molecule has 0 bridgehead atoms. The maximum atomic E-state index is 11.7. The third kappa shape index (κ3) is 4.27. The zero-order chi connectivity index (χ0) is 15.9. The number of nitro benzene ring substituents is 1. The van der Waals surface area contributed by atoms with E-state index in [1.165, 1.54) is 18.2 Å². The van der Waals surface area contributed by atoms with E-state index in [0.717, 1.165) is 5.56 Å². The molecule has 0 atom stereocenters. The van der Waals surface area contributed by atoms with Crippen molar-refractivity contribution in [1.29, 1.82) is 0 Å².